The van der Waals surface area contributed by atoms with Crippen molar-refractivity contribution >= 4 is 46.3 Å². The number of imide groups is 1. The maximum atomic E-state index is 13.4. The molecule has 6 heteroatoms. The van der Waals surface area contributed by atoms with E-state index in [-0.39, 0.29) is 24.1 Å². The molecule has 0 spiro atoms. The third kappa shape index (κ3) is 4.50. The van der Waals surface area contributed by atoms with Crippen molar-refractivity contribution in [2.75, 3.05) is 5.32 Å². The van der Waals surface area contributed by atoms with Crippen molar-refractivity contribution in [1.82, 2.24) is 4.90 Å². The molecular weight excluding hydrogens is 431 g/mol. The molecule has 3 aromatic carbocycles. The number of anilines is 1. The monoisotopic (exact) mass is 450 g/mol. The summed E-state index contributed by atoms with van der Waals surface area (Å²) in [5, 5.41) is 4.36. The first kappa shape index (κ1) is 21.2. The van der Waals surface area contributed by atoms with Gasteiger partial charge < -0.3 is 5.32 Å². The van der Waals surface area contributed by atoms with E-state index in [0.29, 0.717) is 21.2 Å². The summed E-state index contributed by atoms with van der Waals surface area (Å²) in [6, 6.07) is 19.9. The zero-order valence-corrected chi connectivity index (χ0v) is 18.6. The average molecular weight is 451 g/mol. The highest BCUT2D eigenvalue weighted by molar-refractivity contribution is 6.37. The van der Waals surface area contributed by atoms with Crippen LogP contribution in [0.25, 0.3) is 5.57 Å². The van der Waals surface area contributed by atoms with E-state index in [0.717, 1.165) is 22.4 Å². The summed E-state index contributed by atoms with van der Waals surface area (Å²) in [5.41, 5.74) is 4.91. The predicted molar refractivity (Wildman–Crippen MR) is 125 cm³/mol. The second-order valence-electron chi connectivity index (χ2n) is 7.58. The number of rotatable bonds is 5. The molecule has 1 aliphatic heterocycles. The van der Waals surface area contributed by atoms with Crippen LogP contribution in [-0.4, -0.2) is 16.7 Å². The van der Waals surface area contributed by atoms with Gasteiger partial charge in [0.25, 0.3) is 11.8 Å². The van der Waals surface area contributed by atoms with Gasteiger partial charge in [-0.1, -0.05) is 53.5 Å². The van der Waals surface area contributed by atoms with E-state index >= 15 is 0 Å². The summed E-state index contributed by atoms with van der Waals surface area (Å²) in [5.74, 6) is -0.724. The SMILES string of the molecule is Cc1cc(C)cc(NC2=C(c3ccc(Cl)cc3)C(=O)N(Cc3ccc(Cl)cc3)C2=O)c1. The van der Waals surface area contributed by atoms with Crippen molar-refractivity contribution in [3.63, 3.8) is 0 Å². The van der Waals surface area contributed by atoms with E-state index in [1.165, 1.54) is 4.90 Å². The standard InChI is InChI=1S/C25H20Cl2N2O2/c1-15-11-16(2)13-21(12-15)28-23-22(18-5-9-20(27)10-6-18)24(30)29(25(23)31)14-17-3-7-19(26)8-4-17/h3-13,28H,14H2,1-2H3. The Balaban J connectivity index is 1.75. The molecule has 1 aliphatic rings. The number of aryl methyl sites for hydroxylation is 2. The van der Waals surface area contributed by atoms with Gasteiger partial charge in [0.2, 0.25) is 0 Å². The van der Waals surface area contributed by atoms with Gasteiger partial charge in [0.15, 0.2) is 0 Å². The molecule has 0 aliphatic carbocycles. The van der Waals surface area contributed by atoms with Crippen molar-refractivity contribution < 1.29 is 9.59 Å². The lowest BCUT2D eigenvalue weighted by Crippen LogP contribution is -2.32. The third-order valence-electron chi connectivity index (χ3n) is 5.05. The van der Waals surface area contributed by atoms with E-state index in [1.807, 2.05) is 32.0 Å². The van der Waals surface area contributed by atoms with E-state index in [4.69, 9.17) is 23.2 Å². The number of carbonyl (C=O) groups is 2. The molecule has 0 unspecified atom stereocenters. The van der Waals surface area contributed by atoms with Crippen LogP contribution in [0.4, 0.5) is 5.69 Å². The first-order valence-electron chi connectivity index (χ1n) is 9.78. The molecule has 0 radical (unpaired) electrons. The van der Waals surface area contributed by atoms with Crippen LogP contribution < -0.4 is 5.32 Å². The Morgan fingerprint density at radius 3 is 1.90 bits per heavy atom. The molecule has 31 heavy (non-hydrogen) atoms. The largest absolute Gasteiger partial charge is 0.350 e. The molecule has 3 aromatic rings. The van der Waals surface area contributed by atoms with Gasteiger partial charge in [0, 0.05) is 15.7 Å². The lowest BCUT2D eigenvalue weighted by atomic mass is 10.0. The number of nitrogens with zero attached hydrogens (tertiary/aromatic N) is 1. The van der Waals surface area contributed by atoms with Gasteiger partial charge in [-0.25, -0.2) is 0 Å². The van der Waals surface area contributed by atoms with Crippen LogP contribution in [0.3, 0.4) is 0 Å². The Hall–Kier alpha value is -3.08. The second kappa shape index (κ2) is 8.58. The third-order valence-corrected chi connectivity index (χ3v) is 5.55. The van der Waals surface area contributed by atoms with Crippen LogP contribution in [0.1, 0.15) is 22.3 Å². The highest BCUT2D eigenvalue weighted by Gasteiger charge is 2.39. The number of hydrogen-bond donors (Lipinski definition) is 1. The van der Waals surface area contributed by atoms with Crippen LogP contribution >= 0.6 is 23.2 Å². The Labute approximate surface area is 191 Å². The topological polar surface area (TPSA) is 49.4 Å². The summed E-state index contributed by atoms with van der Waals surface area (Å²) >= 11 is 12.0. The van der Waals surface area contributed by atoms with Crippen LogP contribution in [0.2, 0.25) is 10.0 Å². The number of carbonyl (C=O) groups excluding carboxylic acids is 2. The minimum Gasteiger partial charge on any atom is -0.350 e. The van der Waals surface area contributed by atoms with E-state index in [9.17, 15) is 9.59 Å². The highest BCUT2D eigenvalue weighted by Crippen LogP contribution is 2.32. The highest BCUT2D eigenvalue weighted by atomic mass is 35.5. The first-order chi connectivity index (χ1) is 14.8. The van der Waals surface area contributed by atoms with Gasteiger partial charge >= 0.3 is 0 Å². The maximum Gasteiger partial charge on any atom is 0.278 e. The van der Waals surface area contributed by atoms with Crippen molar-refractivity contribution in [1.29, 1.82) is 0 Å². The number of benzene rings is 3. The molecule has 0 saturated carbocycles. The fourth-order valence-electron chi connectivity index (χ4n) is 3.68. The molecular formula is C25H20Cl2N2O2. The summed E-state index contributed by atoms with van der Waals surface area (Å²) < 4.78 is 0. The number of hydrogen-bond acceptors (Lipinski definition) is 3. The molecule has 0 atom stereocenters. The van der Waals surface area contributed by atoms with Gasteiger partial charge in [-0.2, -0.15) is 0 Å². The van der Waals surface area contributed by atoms with Gasteiger partial charge in [0.1, 0.15) is 5.70 Å². The molecule has 1 N–H and O–H groups in total. The molecule has 0 fully saturated rings. The summed E-state index contributed by atoms with van der Waals surface area (Å²) in [6.07, 6.45) is 0. The Morgan fingerprint density at radius 2 is 1.32 bits per heavy atom. The molecule has 1 heterocycles. The van der Waals surface area contributed by atoms with Crippen molar-refractivity contribution in [2.45, 2.75) is 20.4 Å². The molecule has 4 nitrogen and oxygen atoms in total. The average Bonchev–Trinajstić information content (AvgIpc) is 2.94. The zero-order valence-electron chi connectivity index (χ0n) is 17.1. The summed E-state index contributed by atoms with van der Waals surface area (Å²) in [7, 11) is 0. The number of halogens is 2. The normalized spacial score (nSPS) is 13.9. The predicted octanol–water partition coefficient (Wildman–Crippen LogP) is 6.00. The summed E-state index contributed by atoms with van der Waals surface area (Å²) in [6.45, 7) is 4.13. The quantitative estimate of drug-likeness (QED) is 0.484. The van der Waals surface area contributed by atoms with Crippen LogP contribution in [-0.2, 0) is 16.1 Å². The van der Waals surface area contributed by atoms with Crippen molar-refractivity contribution in [3.05, 3.63) is 105 Å². The Morgan fingerprint density at radius 1 is 0.774 bits per heavy atom. The van der Waals surface area contributed by atoms with Crippen LogP contribution in [0.5, 0.6) is 0 Å². The van der Waals surface area contributed by atoms with Crippen LogP contribution in [0, 0.1) is 13.8 Å². The van der Waals surface area contributed by atoms with E-state index in [2.05, 4.69) is 5.32 Å². The minimum absolute atomic E-state index is 0.157. The van der Waals surface area contributed by atoms with Crippen LogP contribution in [0.15, 0.2) is 72.4 Å². The van der Waals surface area contributed by atoms with Gasteiger partial charge in [-0.15, -0.1) is 0 Å². The van der Waals surface area contributed by atoms with E-state index in [1.54, 1.807) is 48.5 Å². The molecule has 156 valence electrons. The Kier molecular flexibility index (Phi) is 5.86. The molecule has 2 amide bonds. The molecule has 0 saturated heterocycles. The fraction of sp³-hybridized carbons (Fsp3) is 0.120. The van der Waals surface area contributed by atoms with Gasteiger partial charge in [0.05, 0.1) is 12.1 Å². The minimum atomic E-state index is -0.371. The first-order valence-corrected chi connectivity index (χ1v) is 10.5. The smallest absolute Gasteiger partial charge is 0.278 e. The number of nitrogens with one attached hydrogen (secondary N) is 1. The zero-order chi connectivity index (χ0) is 22.1. The molecule has 0 aromatic heterocycles. The summed E-state index contributed by atoms with van der Waals surface area (Å²) in [4.78, 5) is 27.9. The van der Waals surface area contributed by atoms with E-state index < -0.39 is 0 Å². The molecule has 0 bridgehead atoms. The lowest BCUT2D eigenvalue weighted by molar-refractivity contribution is -0.137. The van der Waals surface area contributed by atoms with Crippen molar-refractivity contribution in [2.24, 2.45) is 0 Å². The number of amides is 2. The van der Waals surface area contributed by atoms with Gasteiger partial charge in [-0.3, -0.25) is 14.5 Å². The van der Waals surface area contributed by atoms with Gasteiger partial charge in [-0.05, 0) is 72.5 Å². The lowest BCUT2D eigenvalue weighted by Gasteiger charge is -2.15. The fourth-order valence-corrected chi connectivity index (χ4v) is 3.94. The maximum absolute atomic E-state index is 13.4. The second-order valence-corrected chi connectivity index (χ2v) is 8.45. The molecule has 4 rings (SSSR count). The van der Waals surface area contributed by atoms with Crippen molar-refractivity contribution in [3.8, 4) is 0 Å². The Bertz CT molecular complexity index is 1180.